The van der Waals surface area contributed by atoms with Crippen LogP contribution in [0.1, 0.15) is 239 Å². The zero-order chi connectivity index (χ0) is 109. The average molecular weight is 2320 g/mol. The van der Waals surface area contributed by atoms with Crippen molar-refractivity contribution < 1.29 is 142 Å². The van der Waals surface area contributed by atoms with E-state index in [0.717, 1.165) is 77.1 Å². The fraction of sp³-hybridized carbons (Fsp3) is 0.496. The van der Waals surface area contributed by atoms with E-state index in [1.165, 1.54) is 84.0 Å². The largest absolute Gasteiger partial charge is 1.00 e. The number of esters is 2. The first-order valence-electron chi connectivity index (χ1n) is 51.8. The van der Waals surface area contributed by atoms with Crippen molar-refractivity contribution in [2.24, 2.45) is 53.2 Å². The van der Waals surface area contributed by atoms with Gasteiger partial charge in [-0.05, 0) is 197 Å². The molecule has 29 nitrogen and oxygen atoms in total. The number of carboxylic acids is 1. The van der Waals surface area contributed by atoms with Crippen LogP contribution in [0.15, 0.2) is 194 Å². The molecule has 149 heavy (non-hydrogen) atoms. The zero-order valence-electron chi connectivity index (χ0n) is 94.0. The molecule has 1 saturated heterocycles. The summed E-state index contributed by atoms with van der Waals surface area (Å²) in [5, 5.41) is 30.9. The Morgan fingerprint density at radius 1 is 0.450 bits per heavy atom. The number of likely N-dealkylation sites (N-methyl/N-ethyl adjacent to an activating group) is 1. The number of methoxy groups -OCH3 is 3. The summed E-state index contributed by atoms with van der Waals surface area (Å²) in [6.45, 7) is 38.0. The maximum absolute atomic E-state index is 12.8. The zero-order valence-corrected chi connectivity index (χ0v) is 96.0. The van der Waals surface area contributed by atoms with Gasteiger partial charge in [0.2, 0.25) is 5.91 Å². The number of nitrogens with zero attached hydrogens (tertiary/aromatic N) is 1. The Bertz CT molecular complexity index is 5270. The van der Waals surface area contributed by atoms with Crippen molar-refractivity contribution in [1.82, 2.24) is 47.7 Å². The van der Waals surface area contributed by atoms with E-state index in [4.69, 9.17) is 37.0 Å². The van der Waals surface area contributed by atoms with Gasteiger partial charge in [0.05, 0.1) is 41.8 Å². The Morgan fingerprint density at radius 3 is 1.01 bits per heavy atom. The number of piperazine rings is 1. The van der Waals surface area contributed by atoms with E-state index in [1.54, 1.807) is 7.11 Å². The van der Waals surface area contributed by atoms with Crippen LogP contribution in [-0.4, -0.2) is 229 Å². The maximum atomic E-state index is 12.8. The van der Waals surface area contributed by atoms with Crippen molar-refractivity contribution in [3.8, 4) is 44.5 Å². The van der Waals surface area contributed by atoms with Crippen molar-refractivity contribution in [2.75, 3.05) is 81.6 Å². The average Bonchev–Trinajstić information content (AvgIpc) is 1.63. The van der Waals surface area contributed by atoms with E-state index >= 15 is 0 Å². The molecule has 1 heterocycles. The number of hydrazine groups is 1. The first-order valence-corrected chi connectivity index (χ1v) is 50.6. The summed E-state index contributed by atoms with van der Waals surface area (Å²) in [5.41, 5.74) is 21.1. The fourth-order valence-corrected chi connectivity index (χ4v) is 18.4. The number of alkyl carbamates (subject to hydrolysis) is 4. The Kier molecular flexibility index (Phi) is 62.1. The summed E-state index contributed by atoms with van der Waals surface area (Å²) < 4.78 is 47.6. The fourth-order valence-electron chi connectivity index (χ4n) is 18.4. The molecule has 0 aromatic heterocycles. The molecule has 0 unspecified atom stereocenters. The minimum absolute atomic E-state index is 0. The standard InChI is InChI=1S/C28H38N2O4.C23H28N2O4.C21H23NO4.C21H23NO3.C12H24N2O.C7H16N2O2.C3H8O.Al.BH2.ClH.Li.U.4H/c1-18(2)14-20(16-29-26(15-19(3)4)27(31)33-5)30-28(32)34-17-25-23-12-8-6-10-21(23)22-11-7-9-13-24(22)25;1-15(2)13-21(22(26)25(3)28-4)24-23(27)29-14-20-18-11-7-5-9-16(18)17-10-6-8-12-19(17)20;1-13(2)11-19(20(23)24)22-21(25)26-12-18-16-9-5-3-7-14(16)15-8-4-6-10-17(15)18;1-14(2)11-15(12-23)22-21(24)25-13-20-18-9-5-3-7-16(18)17-8-4-6-10-19(17)20;1-8(2)5-10-7-13-11(6-9(3)4)12(15)14-10;1-5(2)4-6(9-8)7(10)11-3;1-3-4-2;;;;;;;;;/h6-13,18-20,25-26,29H,14-17H2,1-5H3,(H,30,32);5-12,15,20-21H,13-14H2,1-4H3,(H,24,27);3-10,13,18-19H,11-12H2,1-2H3,(H,22,25)(H,23,24);3-10,12,14-15,20H,11,13H2,1-2H3,(H,22,24);8-11,13H,5-7H2,1-4H3,(H,14,15);5-6,9H,4,8H2,1-3H3;3H2,1-2H3;;1H2;1H;;;;;;/q;;;;;;;;;;+1;;;;;-1/t20-,26-;21-;19-;15-;10-,11-;6-;;;;;;;;;;/m000000........../s1/i;;;;;;;;1T2;;;;;;;. The Morgan fingerprint density at radius 2 is 0.732 bits per heavy atom. The van der Waals surface area contributed by atoms with E-state index in [9.17, 15) is 53.1 Å². The maximum Gasteiger partial charge on any atom is 1.00 e. The van der Waals surface area contributed by atoms with Gasteiger partial charge in [0.25, 0.3) is 5.91 Å². The van der Waals surface area contributed by atoms with Gasteiger partial charge in [0.15, 0.2) is 17.4 Å². The molecule has 6 amide bonds. The van der Waals surface area contributed by atoms with Crippen LogP contribution in [0, 0.1) is 78.5 Å². The molecule has 809 valence electrons. The van der Waals surface area contributed by atoms with Gasteiger partial charge in [-0.3, -0.25) is 29.9 Å². The Balaban J connectivity index is 0.000000917. The van der Waals surface area contributed by atoms with Crippen molar-refractivity contribution >= 4 is 98.5 Å². The minimum Gasteiger partial charge on any atom is -1.00 e. The molecule has 8 aromatic rings. The second kappa shape index (κ2) is 70.4. The van der Waals surface area contributed by atoms with Crippen LogP contribution in [-0.2, 0) is 66.8 Å². The number of nitrogens with one attached hydrogen (secondary N) is 8. The summed E-state index contributed by atoms with van der Waals surface area (Å²) in [7, 11) is 7.87. The number of fused-ring (bicyclic) bond motifs is 12. The second-order valence-electron chi connectivity index (χ2n) is 40.3. The number of hydrogen-bond acceptors (Lipinski definition) is 22. The second-order valence-corrected chi connectivity index (χ2v) is 40.3. The predicted octanol–water partition coefficient (Wildman–Crippen LogP) is 14.9. The molecular formula is C115H167AlBClLiN10O19U. The van der Waals surface area contributed by atoms with Gasteiger partial charge >= 0.3 is 61.1 Å². The van der Waals surface area contributed by atoms with Gasteiger partial charge in [-0.1, -0.05) is 305 Å². The van der Waals surface area contributed by atoms with Gasteiger partial charge < -0.3 is 81.7 Å². The molecule has 0 saturated carbocycles. The number of ether oxygens (including phenoxy) is 7. The number of hydrogen-bond donors (Lipinski definition) is 10. The molecule has 5 aliphatic rings. The van der Waals surface area contributed by atoms with E-state index in [-0.39, 0.29) is 185 Å². The van der Waals surface area contributed by atoms with Crippen LogP contribution in [0.2, 0.25) is 0 Å². The molecule has 1 aliphatic heterocycles. The van der Waals surface area contributed by atoms with Crippen LogP contribution < -0.4 is 67.3 Å². The monoisotopic (exact) mass is 2310 g/mol. The number of benzene rings is 8. The first-order chi connectivity index (χ1) is 70.2. The number of carbonyl (C=O) groups excluding carboxylic acids is 9. The SMILES string of the molecule is CC(C)C[C@@H](C=O)NC(=O)OCC1c2ccccc2-c2ccccc21.CC(C)C[C@H](NC(=O)OCC1c2ccccc2-c2ccccc21)C(=O)O.CC(C)C[C@H]1CN[C@@H](CC(C)C)C(=O)N1.CCOC.COC(=O)[C@H](CC(C)C)NC[C@H](CC(C)C)NC(=O)OCC1c2ccccc2-c2ccccc21.COC(=O)[C@H](CC(C)C)NN.CON(C)C(=O)[C@H](CC(C)C)NC(=O)OCC1c2ccccc2-c2ccccc21.Cl.[3H][B][3H].[AlH3].[H-].[Li+].[U]. The summed E-state index contributed by atoms with van der Waals surface area (Å²) in [4.78, 5) is 124. The predicted molar refractivity (Wildman–Crippen MR) is 592 cm³/mol. The molecular weight excluding hydrogens is 2140 g/mol. The minimum atomic E-state index is -1.05. The number of nitrogens with two attached hydrogens (primary N) is 1. The van der Waals surface area contributed by atoms with Crippen molar-refractivity contribution in [3.63, 3.8) is 0 Å². The molecule has 0 spiro atoms. The number of aliphatic carboxylic acids is 1. The third-order valence-corrected chi connectivity index (χ3v) is 25.0. The molecule has 1 fully saturated rings. The quantitative estimate of drug-likeness (QED) is 0.00427. The molecule has 8 atom stereocenters. The summed E-state index contributed by atoms with van der Waals surface area (Å²) in [6.07, 6.45) is 4.09. The normalized spacial score (nSPS) is 14.7. The van der Waals surface area contributed by atoms with Gasteiger partial charge in [-0.2, -0.15) is 0 Å². The van der Waals surface area contributed by atoms with E-state index in [2.05, 4.69) is 192 Å². The first kappa shape index (κ1) is 131. The summed E-state index contributed by atoms with van der Waals surface area (Å²) in [5.74, 6) is 6.43. The Labute approximate surface area is 943 Å². The molecule has 8 aromatic carbocycles. The number of hydroxylamine groups is 2. The molecule has 1 radical (unpaired) electrons. The van der Waals surface area contributed by atoms with Crippen LogP contribution in [0.25, 0.3) is 44.5 Å². The number of aldehydes is 1. The summed E-state index contributed by atoms with van der Waals surface area (Å²) in [6, 6.07) is 62.7. The molecule has 4 aliphatic carbocycles. The van der Waals surface area contributed by atoms with Crippen molar-refractivity contribution in [3.05, 3.63) is 239 Å². The molecule has 34 heteroatoms. The molecule has 0 bridgehead atoms. The van der Waals surface area contributed by atoms with Crippen molar-refractivity contribution in [1.29, 1.82) is 2.67 Å². The van der Waals surface area contributed by atoms with Gasteiger partial charge in [-0.15, -0.1) is 12.4 Å². The molecule has 13 rings (SSSR count). The number of halogens is 1. The van der Waals surface area contributed by atoms with Crippen LogP contribution >= 0.6 is 12.4 Å². The Hall–Kier alpha value is -9.84. The smallest absolute Gasteiger partial charge is 1.00 e. The van der Waals surface area contributed by atoms with Crippen LogP contribution in [0.5, 0.6) is 0 Å². The molecule has 11 N–H and O–H groups in total. The van der Waals surface area contributed by atoms with E-state index < -0.39 is 54.5 Å². The van der Waals surface area contributed by atoms with E-state index in [1.807, 2.05) is 172 Å². The van der Waals surface area contributed by atoms with Gasteiger partial charge in [0.1, 0.15) is 56.9 Å². The number of amides is 6. The topological polar surface area (TPSA) is 390 Å². The van der Waals surface area contributed by atoms with Gasteiger partial charge in [0, 0.05) is 101 Å². The summed E-state index contributed by atoms with van der Waals surface area (Å²) >= 11 is 0. The van der Waals surface area contributed by atoms with Crippen molar-refractivity contribution in [2.45, 2.75) is 241 Å². The number of carbonyl (C=O) groups is 10. The number of rotatable bonds is 39. The van der Waals surface area contributed by atoms with Crippen LogP contribution in [0.4, 0.5) is 19.2 Å². The third kappa shape index (κ3) is 43.3. The third-order valence-electron chi connectivity index (χ3n) is 25.0. The number of carboxylic acid groups (broad SMARTS) is 1. The van der Waals surface area contributed by atoms with E-state index in [0.29, 0.717) is 88.5 Å². The van der Waals surface area contributed by atoms with Crippen LogP contribution in [0.3, 0.4) is 0 Å². The van der Waals surface area contributed by atoms with Gasteiger partial charge in [-0.25, -0.2) is 34.5 Å².